The molecule has 0 unspecified atom stereocenters. The van der Waals surface area contributed by atoms with Gasteiger partial charge >= 0.3 is 0 Å². The normalized spacial score (nSPS) is 20.1. The van der Waals surface area contributed by atoms with Crippen molar-refractivity contribution in [2.75, 3.05) is 18.8 Å². The average molecular weight is 406 g/mol. The Morgan fingerprint density at radius 3 is 2.73 bits per heavy atom. The molecule has 0 aromatic carbocycles. The van der Waals surface area contributed by atoms with Crippen LogP contribution in [0, 0.1) is 19.8 Å². The highest BCUT2D eigenvalue weighted by molar-refractivity contribution is 5.92. The lowest BCUT2D eigenvalue weighted by atomic mass is 9.82. The fraction of sp³-hybridized carbons (Fsp3) is 0.381. The van der Waals surface area contributed by atoms with Crippen molar-refractivity contribution in [3.05, 3.63) is 57.9 Å². The minimum absolute atomic E-state index is 0.0594. The van der Waals surface area contributed by atoms with Crippen LogP contribution in [0.1, 0.15) is 40.2 Å². The Kier molecular flexibility index (Phi) is 4.19. The molecule has 2 atom stereocenters. The van der Waals surface area contributed by atoms with Crippen molar-refractivity contribution < 1.29 is 9.21 Å². The zero-order valence-electron chi connectivity index (χ0n) is 16.8. The number of carbonyl (C=O) groups excluding carboxylic acids is 1. The van der Waals surface area contributed by atoms with Gasteiger partial charge in [-0.2, -0.15) is 0 Å². The summed E-state index contributed by atoms with van der Waals surface area (Å²) in [5.41, 5.74) is 8.58. The average Bonchev–Trinajstić information content (AvgIpc) is 3.06. The maximum Gasteiger partial charge on any atom is 0.291 e. The summed E-state index contributed by atoms with van der Waals surface area (Å²) in [4.78, 5) is 40.1. The monoisotopic (exact) mass is 406 g/mol. The van der Waals surface area contributed by atoms with Gasteiger partial charge < -0.3 is 19.6 Å². The third-order valence-corrected chi connectivity index (χ3v) is 5.93. The van der Waals surface area contributed by atoms with Gasteiger partial charge in [0.2, 0.25) is 5.76 Å². The van der Waals surface area contributed by atoms with Crippen LogP contribution in [-0.2, 0) is 6.54 Å². The molecule has 0 saturated carbocycles. The number of pyridine rings is 1. The molecule has 0 aliphatic carbocycles. The van der Waals surface area contributed by atoms with Crippen LogP contribution in [0.2, 0.25) is 0 Å². The lowest BCUT2D eigenvalue weighted by Crippen LogP contribution is -2.49. The number of fused-ring (bicyclic) bond motifs is 4. The first-order valence-corrected chi connectivity index (χ1v) is 9.95. The van der Waals surface area contributed by atoms with Crippen LogP contribution < -0.4 is 11.3 Å². The van der Waals surface area contributed by atoms with E-state index in [1.54, 1.807) is 26.0 Å². The standard InChI is InChI=1S/C21H22N6O3/c1-11-20(30-12(2)25-11)21(29)26-7-13-3-15(9-26)17-4-14(5-19(28)27(17)8-13)16-6-18(22)24-10-23-16/h4-6,10,13,15H,3,7-9H2,1-2H3,(H2,22,23,24)/t13-,15+/m0/s1. The Bertz CT molecular complexity index is 1210. The van der Waals surface area contributed by atoms with Gasteiger partial charge in [-0.05, 0) is 25.3 Å². The van der Waals surface area contributed by atoms with Crippen LogP contribution in [0.15, 0.2) is 33.7 Å². The van der Waals surface area contributed by atoms with Crippen molar-refractivity contribution in [2.24, 2.45) is 5.92 Å². The SMILES string of the molecule is Cc1nc(C)c(C(=O)N2C[C@@H]3C[C@H](C2)c2cc(-c4cc(N)ncn4)cc(=O)n2C3)o1. The van der Waals surface area contributed by atoms with Crippen LogP contribution in [0.4, 0.5) is 5.82 Å². The zero-order valence-corrected chi connectivity index (χ0v) is 16.8. The number of anilines is 1. The number of nitrogens with two attached hydrogens (primary N) is 1. The number of rotatable bonds is 2. The number of aryl methyl sites for hydroxylation is 2. The van der Waals surface area contributed by atoms with E-state index in [1.807, 2.05) is 15.5 Å². The van der Waals surface area contributed by atoms with Gasteiger partial charge in [0.25, 0.3) is 11.5 Å². The lowest BCUT2D eigenvalue weighted by molar-refractivity contribution is 0.0561. The summed E-state index contributed by atoms with van der Waals surface area (Å²) in [7, 11) is 0. The zero-order chi connectivity index (χ0) is 21.0. The Morgan fingerprint density at radius 2 is 2.00 bits per heavy atom. The number of aromatic nitrogens is 4. The van der Waals surface area contributed by atoms with Gasteiger partial charge in [-0.3, -0.25) is 9.59 Å². The fourth-order valence-electron chi connectivity index (χ4n) is 4.68. The molecule has 9 nitrogen and oxygen atoms in total. The molecule has 1 saturated heterocycles. The third-order valence-electron chi connectivity index (χ3n) is 5.93. The molecule has 2 aliphatic heterocycles. The fourth-order valence-corrected chi connectivity index (χ4v) is 4.68. The molecule has 5 heterocycles. The van der Waals surface area contributed by atoms with Gasteiger partial charge in [0.05, 0.1) is 11.4 Å². The first-order chi connectivity index (χ1) is 14.4. The molecule has 154 valence electrons. The molecule has 2 aliphatic rings. The molecule has 3 aromatic rings. The molecule has 0 spiro atoms. The number of carbonyl (C=O) groups is 1. The maximum atomic E-state index is 13.1. The summed E-state index contributed by atoms with van der Waals surface area (Å²) < 4.78 is 7.38. The number of nitrogens with zero attached hydrogens (tertiary/aromatic N) is 5. The number of amides is 1. The van der Waals surface area contributed by atoms with Gasteiger partial charge in [0.1, 0.15) is 12.1 Å². The summed E-state index contributed by atoms with van der Waals surface area (Å²) in [6.07, 6.45) is 2.33. The largest absolute Gasteiger partial charge is 0.436 e. The predicted octanol–water partition coefficient (Wildman–Crippen LogP) is 1.75. The summed E-state index contributed by atoms with van der Waals surface area (Å²) in [5, 5.41) is 0. The van der Waals surface area contributed by atoms with E-state index >= 15 is 0 Å². The quantitative estimate of drug-likeness (QED) is 0.688. The first-order valence-electron chi connectivity index (χ1n) is 9.95. The molecule has 2 N–H and O–H groups in total. The highest BCUT2D eigenvalue weighted by atomic mass is 16.4. The highest BCUT2D eigenvalue weighted by Gasteiger charge is 2.38. The molecule has 5 rings (SSSR count). The molecular weight excluding hydrogens is 384 g/mol. The Hall–Kier alpha value is -3.49. The van der Waals surface area contributed by atoms with Gasteiger partial charge in [0, 0.05) is 55.9 Å². The van der Waals surface area contributed by atoms with Crippen LogP contribution >= 0.6 is 0 Å². The molecule has 9 heteroatoms. The van der Waals surface area contributed by atoms with E-state index in [0.717, 1.165) is 12.1 Å². The molecule has 0 radical (unpaired) electrons. The van der Waals surface area contributed by atoms with Crippen molar-refractivity contribution in [3.63, 3.8) is 0 Å². The van der Waals surface area contributed by atoms with E-state index in [9.17, 15) is 9.59 Å². The van der Waals surface area contributed by atoms with E-state index < -0.39 is 0 Å². The van der Waals surface area contributed by atoms with Crippen molar-refractivity contribution in [1.29, 1.82) is 0 Å². The number of hydrogen-bond acceptors (Lipinski definition) is 7. The summed E-state index contributed by atoms with van der Waals surface area (Å²) >= 11 is 0. The number of likely N-dealkylation sites (tertiary alicyclic amines) is 1. The number of oxazole rings is 1. The van der Waals surface area contributed by atoms with Gasteiger partial charge in [-0.1, -0.05) is 0 Å². The van der Waals surface area contributed by atoms with E-state index in [2.05, 4.69) is 15.0 Å². The van der Waals surface area contributed by atoms with Crippen molar-refractivity contribution >= 4 is 11.7 Å². The van der Waals surface area contributed by atoms with Crippen LogP contribution in [0.5, 0.6) is 0 Å². The molecule has 2 bridgehead atoms. The van der Waals surface area contributed by atoms with Crippen molar-refractivity contribution in [2.45, 2.75) is 32.7 Å². The number of piperidine rings is 1. The minimum atomic E-state index is -0.140. The van der Waals surface area contributed by atoms with Crippen LogP contribution in [0.25, 0.3) is 11.3 Å². The predicted molar refractivity (Wildman–Crippen MR) is 109 cm³/mol. The van der Waals surface area contributed by atoms with E-state index in [0.29, 0.717) is 54.1 Å². The second-order valence-electron chi connectivity index (χ2n) is 8.10. The Labute approximate surface area is 172 Å². The van der Waals surface area contributed by atoms with E-state index in [4.69, 9.17) is 10.2 Å². The van der Waals surface area contributed by atoms with E-state index in [-0.39, 0.29) is 23.3 Å². The molecule has 1 amide bonds. The molecule has 30 heavy (non-hydrogen) atoms. The second-order valence-corrected chi connectivity index (χ2v) is 8.10. The highest BCUT2D eigenvalue weighted by Crippen LogP contribution is 2.37. The summed E-state index contributed by atoms with van der Waals surface area (Å²) in [6, 6.07) is 5.24. The molecule has 3 aromatic heterocycles. The van der Waals surface area contributed by atoms with Crippen LogP contribution in [0.3, 0.4) is 0 Å². The molecular formula is C21H22N6O3. The maximum absolute atomic E-state index is 13.1. The second kappa shape index (κ2) is 6.79. The molecule has 1 fully saturated rings. The smallest absolute Gasteiger partial charge is 0.291 e. The Morgan fingerprint density at radius 1 is 1.17 bits per heavy atom. The number of hydrogen-bond donors (Lipinski definition) is 1. The van der Waals surface area contributed by atoms with E-state index in [1.165, 1.54) is 6.33 Å². The van der Waals surface area contributed by atoms with Crippen molar-refractivity contribution in [1.82, 2.24) is 24.4 Å². The number of nitrogen functional groups attached to an aromatic ring is 1. The summed E-state index contributed by atoms with van der Waals surface area (Å²) in [6.45, 7) is 5.24. The third kappa shape index (κ3) is 3.06. The van der Waals surface area contributed by atoms with Crippen LogP contribution in [-0.4, -0.2) is 43.4 Å². The Balaban J connectivity index is 1.50. The minimum Gasteiger partial charge on any atom is -0.436 e. The topological polar surface area (TPSA) is 120 Å². The van der Waals surface area contributed by atoms with Gasteiger partial charge in [0.15, 0.2) is 5.89 Å². The van der Waals surface area contributed by atoms with Gasteiger partial charge in [-0.15, -0.1) is 0 Å². The van der Waals surface area contributed by atoms with Gasteiger partial charge in [-0.25, -0.2) is 15.0 Å². The summed E-state index contributed by atoms with van der Waals surface area (Å²) in [5.74, 6) is 1.29. The lowest BCUT2D eigenvalue weighted by Gasteiger charge is -2.42. The first kappa shape index (κ1) is 18.5. The van der Waals surface area contributed by atoms with Crippen molar-refractivity contribution in [3.8, 4) is 11.3 Å².